The zero-order chi connectivity index (χ0) is 12.8. The van der Waals surface area contributed by atoms with Crippen molar-refractivity contribution in [2.45, 2.75) is 18.1 Å². The lowest BCUT2D eigenvalue weighted by atomic mass is 10.2. The normalized spacial score (nSPS) is 16.2. The van der Waals surface area contributed by atoms with E-state index in [2.05, 4.69) is 16.7 Å². The lowest BCUT2D eigenvalue weighted by Crippen LogP contribution is -2.30. The largest absolute Gasteiger partial charge is 0.317 e. The van der Waals surface area contributed by atoms with Gasteiger partial charge in [-0.25, -0.2) is 0 Å². The molecule has 2 heterocycles. The molecule has 1 aliphatic rings. The molecule has 0 unspecified atom stereocenters. The Morgan fingerprint density at radius 2 is 2.39 bits per heavy atom. The van der Waals surface area contributed by atoms with Crippen LogP contribution >= 0.6 is 23.1 Å². The highest BCUT2D eigenvalue weighted by Gasteiger charge is 2.15. The van der Waals surface area contributed by atoms with Gasteiger partial charge < -0.3 is 10.6 Å². The van der Waals surface area contributed by atoms with Gasteiger partial charge in [-0.15, -0.1) is 23.1 Å². The van der Waals surface area contributed by atoms with E-state index in [0.29, 0.717) is 21.6 Å². The molecule has 18 heavy (non-hydrogen) atoms. The molecule has 2 N–H and O–H groups in total. The molecule has 0 aliphatic carbocycles. The van der Waals surface area contributed by atoms with Gasteiger partial charge in [0.1, 0.15) is 11.1 Å². The third kappa shape index (κ3) is 3.73. The zero-order valence-corrected chi connectivity index (χ0v) is 11.6. The summed E-state index contributed by atoms with van der Waals surface area (Å²) in [5.74, 6) is 0.449. The van der Waals surface area contributed by atoms with Gasteiger partial charge in [-0.05, 0) is 37.4 Å². The highest BCUT2D eigenvalue weighted by atomic mass is 32.2. The van der Waals surface area contributed by atoms with Gasteiger partial charge in [0.15, 0.2) is 0 Å². The summed E-state index contributed by atoms with van der Waals surface area (Å²) in [6, 6.07) is 3.79. The molecule has 0 saturated carbocycles. The minimum atomic E-state index is -0.0162. The molecule has 0 radical (unpaired) electrons. The first kappa shape index (κ1) is 13.4. The van der Waals surface area contributed by atoms with Gasteiger partial charge in [0.2, 0.25) is 5.91 Å². The number of hydrogen-bond acceptors (Lipinski definition) is 5. The van der Waals surface area contributed by atoms with Crippen LogP contribution in [0.5, 0.6) is 0 Å². The van der Waals surface area contributed by atoms with E-state index in [4.69, 9.17) is 5.26 Å². The molecule has 0 bridgehead atoms. The zero-order valence-electron chi connectivity index (χ0n) is 9.94. The minimum Gasteiger partial charge on any atom is -0.317 e. The van der Waals surface area contributed by atoms with Crippen LogP contribution < -0.4 is 10.6 Å². The topological polar surface area (TPSA) is 64.9 Å². The summed E-state index contributed by atoms with van der Waals surface area (Å²) in [7, 11) is 0. The Labute approximate surface area is 115 Å². The number of amides is 1. The number of piperidine rings is 1. The lowest BCUT2D eigenvalue weighted by molar-refractivity contribution is -0.113. The Kier molecular flexibility index (Phi) is 5.05. The Hall–Kier alpha value is -1.03. The highest BCUT2D eigenvalue weighted by molar-refractivity contribution is 8.00. The summed E-state index contributed by atoms with van der Waals surface area (Å²) in [6.45, 7) is 2.09. The number of nitrogens with zero attached hydrogens (tertiary/aromatic N) is 1. The predicted octanol–water partition coefficient (Wildman–Crippen LogP) is 2.04. The summed E-state index contributed by atoms with van der Waals surface area (Å²) in [4.78, 5) is 11.8. The van der Waals surface area contributed by atoms with E-state index in [0.717, 1.165) is 25.9 Å². The van der Waals surface area contributed by atoms with Gasteiger partial charge in [0.25, 0.3) is 0 Å². The molecule has 1 aromatic rings. The molecule has 1 saturated heterocycles. The molecule has 0 atom stereocenters. The van der Waals surface area contributed by atoms with Crippen molar-refractivity contribution in [3.63, 3.8) is 0 Å². The van der Waals surface area contributed by atoms with Crippen molar-refractivity contribution in [2.75, 3.05) is 24.2 Å². The minimum absolute atomic E-state index is 0.0162. The molecule has 6 heteroatoms. The number of thiophene rings is 1. The number of carbonyl (C=O) groups excluding carboxylic acids is 1. The van der Waals surface area contributed by atoms with Gasteiger partial charge in [-0.3, -0.25) is 4.79 Å². The van der Waals surface area contributed by atoms with E-state index in [1.807, 2.05) is 5.38 Å². The van der Waals surface area contributed by atoms with Crippen molar-refractivity contribution in [3.05, 3.63) is 17.0 Å². The Morgan fingerprint density at radius 3 is 3.11 bits per heavy atom. The fraction of sp³-hybridized carbons (Fsp3) is 0.500. The predicted molar refractivity (Wildman–Crippen MR) is 76.0 cm³/mol. The molecule has 0 aromatic carbocycles. The molecule has 1 aromatic heterocycles. The van der Waals surface area contributed by atoms with Crippen LogP contribution in [0, 0.1) is 11.3 Å². The van der Waals surface area contributed by atoms with E-state index in [9.17, 15) is 4.79 Å². The van der Waals surface area contributed by atoms with Crippen molar-refractivity contribution in [1.82, 2.24) is 5.32 Å². The van der Waals surface area contributed by atoms with Crippen LogP contribution in [0.3, 0.4) is 0 Å². The Balaban J connectivity index is 1.77. The summed E-state index contributed by atoms with van der Waals surface area (Å²) in [6.07, 6.45) is 2.25. The lowest BCUT2D eigenvalue weighted by Gasteiger charge is -2.21. The molecule has 2 rings (SSSR count). The number of anilines is 1. The van der Waals surface area contributed by atoms with Crippen LogP contribution in [-0.2, 0) is 4.79 Å². The quantitative estimate of drug-likeness (QED) is 0.886. The summed E-state index contributed by atoms with van der Waals surface area (Å²) in [5.41, 5.74) is 0.542. The molecule has 96 valence electrons. The molecule has 4 nitrogen and oxygen atoms in total. The second-order valence-corrected chi connectivity index (χ2v) is 6.29. The van der Waals surface area contributed by atoms with E-state index < -0.39 is 0 Å². The number of nitriles is 1. The van der Waals surface area contributed by atoms with Crippen LogP contribution in [0.4, 0.5) is 5.00 Å². The third-order valence-corrected chi connectivity index (χ3v) is 4.98. The summed E-state index contributed by atoms with van der Waals surface area (Å²) >= 11 is 3.10. The number of rotatable bonds is 4. The van der Waals surface area contributed by atoms with Gasteiger partial charge >= 0.3 is 0 Å². The molecule has 1 aliphatic heterocycles. The van der Waals surface area contributed by atoms with Crippen molar-refractivity contribution in [2.24, 2.45) is 0 Å². The fourth-order valence-electron chi connectivity index (χ4n) is 1.81. The first-order valence-electron chi connectivity index (χ1n) is 5.89. The monoisotopic (exact) mass is 281 g/mol. The van der Waals surface area contributed by atoms with Gasteiger partial charge in [-0.2, -0.15) is 5.26 Å². The average molecular weight is 281 g/mol. The number of hydrogen-bond donors (Lipinski definition) is 2. The molecular weight excluding hydrogens is 266 g/mol. The maximum Gasteiger partial charge on any atom is 0.235 e. The van der Waals surface area contributed by atoms with Crippen molar-refractivity contribution in [1.29, 1.82) is 5.26 Å². The first-order chi connectivity index (χ1) is 8.79. The molecule has 0 spiro atoms. The van der Waals surface area contributed by atoms with Crippen LogP contribution in [0.2, 0.25) is 0 Å². The Morgan fingerprint density at radius 1 is 1.61 bits per heavy atom. The van der Waals surface area contributed by atoms with Crippen molar-refractivity contribution >= 4 is 34.0 Å². The van der Waals surface area contributed by atoms with Crippen LogP contribution in [-0.4, -0.2) is 30.0 Å². The average Bonchev–Trinajstić information content (AvgIpc) is 2.85. The van der Waals surface area contributed by atoms with Gasteiger partial charge in [0, 0.05) is 5.25 Å². The van der Waals surface area contributed by atoms with Crippen LogP contribution in [0.15, 0.2) is 11.4 Å². The maximum atomic E-state index is 11.8. The Bertz CT molecular complexity index is 446. The number of thioether (sulfide) groups is 1. The summed E-state index contributed by atoms with van der Waals surface area (Å²) in [5, 5.41) is 18.0. The van der Waals surface area contributed by atoms with E-state index in [1.54, 1.807) is 17.8 Å². The second-order valence-electron chi connectivity index (χ2n) is 4.08. The highest BCUT2D eigenvalue weighted by Crippen LogP contribution is 2.24. The van der Waals surface area contributed by atoms with Crippen LogP contribution in [0.25, 0.3) is 0 Å². The van der Waals surface area contributed by atoms with Crippen molar-refractivity contribution in [3.8, 4) is 6.07 Å². The van der Waals surface area contributed by atoms with E-state index in [1.165, 1.54) is 11.3 Å². The first-order valence-corrected chi connectivity index (χ1v) is 7.82. The van der Waals surface area contributed by atoms with Gasteiger partial charge in [0.05, 0.1) is 11.3 Å². The maximum absolute atomic E-state index is 11.8. The third-order valence-electron chi connectivity index (χ3n) is 2.77. The smallest absolute Gasteiger partial charge is 0.235 e. The summed E-state index contributed by atoms with van der Waals surface area (Å²) < 4.78 is 0. The molecular formula is C12H15N3OS2. The van der Waals surface area contributed by atoms with Crippen LogP contribution in [0.1, 0.15) is 18.4 Å². The fourth-order valence-corrected chi connectivity index (χ4v) is 3.59. The van der Waals surface area contributed by atoms with Gasteiger partial charge in [-0.1, -0.05) is 0 Å². The standard InChI is InChI=1S/C12H15N3OS2/c13-7-9-3-6-17-12(9)15-11(16)8-18-10-1-4-14-5-2-10/h3,6,10,14H,1-2,4-5,8H2,(H,15,16). The number of nitrogens with one attached hydrogen (secondary N) is 2. The number of carbonyl (C=O) groups is 1. The van der Waals surface area contributed by atoms with E-state index >= 15 is 0 Å². The SMILES string of the molecule is N#Cc1ccsc1NC(=O)CSC1CCNCC1. The van der Waals surface area contributed by atoms with Crippen molar-refractivity contribution < 1.29 is 4.79 Å². The second kappa shape index (κ2) is 6.78. The van der Waals surface area contributed by atoms with E-state index in [-0.39, 0.29) is 5.91 Å². The molecule has 1 amide bonds. The molecule has 1 fully saturated rings.